The molecule has 0 aromatic carbocycles. The molecule has 0 aromatic heterocycles. The zero-order valence-electron chi connectivity index (χ0n) is 13.5. The number of carbonyl (C=O) groups is 4. The van der Waals surface area contributed by atoms with Crippen molar-refractivity contribution in [1.82, 2.24) is 0 Å². The summed E-state index contributed by atoms with van der Waals surface area (Å²) >= 11 is 0. The normalized spacial score (nSPS) is 24.0. The Morgan fingerprint density at radius 2 is 1.48 bits per heavy atom. The molecule has 0 aliphatic carbocycles. The molecule has 0 amide bonds. The Kier molecular flexibility index (Phi) is 6.30. The van der Waals surface area contributed by atoms with Gasteiger partial charge in [-0.2, -0.15) is 0 Å². The van der Waals surface area contributed by atoms with E-state index in [4.69, 9.17) is 9.47 Å². The second kappa shape index (κ2) is 8.22. The molecule has 0 spiro atoms. The van der Waals surface area contributed by atoms with Crippen LogP contribution in [-0.4, -0.2) is 36.7 Å². The number of rotatable bonds is 11. The first-order chi connectivity index (χ1) is 11.0. The maximum absolute atomic E-state index is 12.0. The topological polar surface area (TPSA) is 86.7 Å². The van der Waals surface area contributed by atoms with Crippen molar-refractivity contribution in [3.8, 4) is 0 Å². The minimum absolute atomic E-state index is 0.0830. The Morgan fingerprint density at radius 1 is 0.957 bits per heavy atom. The van der Waals surface area contributed by atoms with E-state index in [-0.39, 0.29) is 41.3 Å². The van der Waals surface area contributed by atoms with Gasteiger partial charge in [-0.25, -0.2) is 0 Å². The number of esters is 2. The van der Waals surface area contributed by atoms with E-state index < -0.39 is 0 Å². The van der Waals surface area contributed by atoms with Crippen LogP contribution in [0.4, 0.5) is 0 Å². The van der Waals surface area contributed by atoms with Gasteiger partial charge in [-0.1, -0.05) is 6.92 Å². The van der Waals surface area contributed by atoms with Gasteiger partial charge < -0.3 is 9.47 Å². The smallest absolute Gasteiger partial charge is 0.312 e. The number of hydrogen-bond donors (Lipinski definition) is 0. The molecule has 2 fully saturated rings. The molecular formula is C17H24O6. The van der Waals surface area contributed by atoms with Crippen molar-refractivity contribution in [2.24, 2.45) is 17.8 Å². The Labute approximate surface area is 135 Å². The van der Waals surface area contributed by atoms with Crippen LogP contribution in [0.5, 0.6) is 0 Å². The average Bonchev–Trinajstić information content (AvgIpc) is 2.49. The number of cyclic esters (lactones) is 2. The van der Waals surface area contributed by atoms with Crippen molar-refractivity contribution in [1.29, 1.82) is 0 Å². The summed E-state index contributed by atoms with van der Waals surface area (Å²) < 4.78 is 9.57. The molecule has 2 atom stereocenters. The van der Waals surface area contributed by atoms with Crippen molar-refractivity contribution in [2.45, 2.75) is 51.9 Å². The quantitative estimate of drug-likeness (QED) is 0.539. The molecule has 2 aliphatic rings. The third-order valence-corrected chi connectivity index (χ3v) is 4.65. The van der Waals surface area contributed by atoms with Gasteiger partial charge in [0.15, 0.2) is 0 Å². The summed E-state index contributed by atoms with van der Waals surface area (Å²) in [4.78, 5) is 46.3. The lowest BCUT2D eigenvalue weighted by Crippen LogP contribution is -2.50. The van der Waals surface area contributed by atoms with Gasteiger partial charge in [0.05, 0.1) is 11.8 Å². The summed E-state index contributed by atoms with van der Waals surface area (Å²) in [6, 6.07) is 0. The van der Waals surface area contributed by atoms with Crippen molar-refractivity contribution in [3.05, 3.63) is 0 Å². The number of hydrogen-bond acceptors (Lipinski definition) is 6. The molecule has 128 valence electrons. The summed E-state index contributed by atoms with van der Waals surface area (Å²) in [6.45, 7) is 2.61. The first-order valence-corrected chi connectivity index (χ1v) is 8.39. The van der Waals surface area contributed by atoms with Crippen LogP contribution in [0, 0.1) is 17.8 Å². The molecule has 0 N–H and O–H groups in total. The second-order valence-corrected chi connectivity index (χ2v) is 6.36. The molecule has 0 bridgehead atoms. The summed E-state index contributed by atoms with van der Waals surface area (Å²) in [7, 11) is 0. The molecular weight excluding hydrogens is 300 g/mol. The highest BCUT2D eigenvalue weighted by atomic mass is 16.6. The molecule has 2 heterocycles. The van der Waals surface area contributed by atoms with Gasteiger partial charge >= 0.3 is 11.9 Å². The predicted octanol–water partition coefficient (Wildman–Crippen LogP) is 1.84. The summed E-state index contributed by atoms with van der Waals surface area (Å²) in [5, 5.41) is 0. The highest BCUT2D eigenvalue weighted by molar-refractivity contribution is 5.83. The van der Waals surface area contributed by atoms with Gasteiger partial charge in [0, 0.05) is 25.7 Å². The van der Waals surface area contributed by atoms with Crippen LogP contribution in [0.2, 0.25) is 0 Å². The molecule has 2 saturated heterocycles. The molecule has 0 saturated carbocycles. The van der Waals surface area contributed by atoms with Gasteiger partial charge in [-0.05, 0) is 25.2 Å². The molecule has 6 heteroatoms. The number of Topliss-reactive ketones (excluding diaryl/α,β-unsaturated/α-hetero) is 2. The average molecular weight is 324 g/mol. The minimum atomic E-state index is -0.285. The monoisotopic (exact) mass is 324 g/mol. The van der Waals surface area contributed by atoms with Gasteiger partial charge in [0.25, 0.3) is 0 Å². The second-order valence-electron chi connectivity index (χ2n) is 6.36. The summed E-state index contributed by atoms with van der Waals surface area (Å²) in [6.07, 6.45) is 3.66. The van der Waals surface area contributed by atoms with Crippen LogP contribution >= 0.6 is 0 Å². The molecule has 0 radical (unpaired) electrons. The fraction of sp³-hybridized carbons (Fsp3) is 0.765. The molecule has 0 aromatic rings. The van der Waals surface area contributed by atoms with Gasteiger partial charge in [-0.3, -0.25) is 19.2 Å². The lowest BCUT2D eigenvalue weighted by molar-refractivity contribution is -0.189. The van der Waals surface area contributed by atoms with Gasteiger partial charge in [0.2, 0.25) is 0 Å². The van der Waals surface area contributed by atoms with Crippen molar-refractivity contribution >= 4 is 23.5 Å². The number of ether oxygens (including phenoxy) is 2. The number of carbonyl (C=O) groups excluding carboxylic acids is 4. The van der Waals surface area contributed by atoms with Crippen LogP contribution in [0.3, 0.4) is 0 Å². The molecule has 2 rings (SSSR count). The van der Waals surface area contributed by atoms with Crippen molar-refractivity contribution in [3.63, 3.8) is 0 Å². The zero-order chi connectivity index (χ0) is 16.8. The minimum Gasteiger partial charge on any atom is -0.464 e. The zero-order valence-corrected chi connectivity index (χ0v) is 13.5. The Balaban J connectivity index is 1.72. The Morgan fingerprint density at radius 3 is 1.87 bits per heavy atom. The van der Waals surface area contributed by atoms with E-state index in [1.54, 1.807) is 0 Å². The Bertz CT molecular complexity index is 459. The molecule has 23 heavy (non-hydrogen) atoms. The van der Waals surface area contributed by atoms with E-state index in [9.17, 15) is 19.2 Å². The van der Waals surface area contributed by atoms with Crippen molar-refractivity contribution in [2.75, 3.05) is 13.2 Å². The summed E-state index contributed by atoms with van der Waals surface area (Å²) in [5.74, 6) is -1.02. The highest BCUT2D eigenvalue weighted by Crippen LogP contribution is 2.36. The molecule has 6 nitrogen and oxygen atoms in total. The van der Waals surface area contributed by atoms with E-state index in [1.165, 1.54) is 0 Å². The van der Waals surface area contributed by atoms with Crippen LogP contribution in [0.15, 0.2) is 0 Å². The standard InChI is InChI=1S/C17H24O6/c1-2-4-11(18)5-3-6-12(19)7-8-13(14-9-22-16(14)20)15-10-23-17(15)21/h13-15H,2-10H2,1H3. The van der Waals surface area contributed by atoms with Crippen molar-refractivity contribution < 1.29 is 28.7 Å². The lowest BCUT2D eigenvalue weighted by atomic mass is 9.75. The Hall–Kier alpha value is -1.72. The van der Waals surface area contributed by atoms with E-state index in [0.29, 0.717) is 51.7 Å². The maximum atomic E-state index is 12.0. The maximum Gasteiger partial charge on any atom is 0.312 e. The van der Waals surface area contributed by atoms with E-state index in [1.807, 2.05) is 6.92 Å². The third-order valence-electron chi connectivity index (χ3n) is 4.65. The first kappa shape index (κ1) is 17.6. The van der Waals surface area contributed by atoms with E-state index >= 15 is 0 Å². The largest absolute Gasteiger partial charge is 0.464 e. The molecule has 2 unspecified atom stereocenters. The molecule has 2 aliphatic heterocycles. The van der Waals surface area contributed by atoms with Gasteiger partial charge in [0.1, 0.15) is 24.8 Å². The van der Waals surface area contributed by atoms with Crippen LogP contribution in [0.25, 0.3) is 0 Å². The fourth-order valence-electron chi connectivity index (χ4n) is 3.11. The first-order valence-electron chi connectivity index (χ1n) is 8.39. The van der Waals surface area contributed by atoms with Crippen LogP contribution < -0.4 is 0 Å². The van der Waals surface area contributed by atoms with E-state index in [0.717, 1.165) is 6.42 Å². The highest BCUT2D eigenvalue weighted by Gasteiger charge is 2.48. The fourth-order valence-corrected chi connectivity index (χ4v) is 3.11. The van der Waals surface area contributed by atoms with E-state index in [2.05, 4.69) is 0 Å². The lowest BCUT2D eigenvalue weighted by Gasteiger charge is -2.39. The predicted molar refractivity (Wildman–Crippen MR) is 80.4 cm³/mol. The number of ketones is 2. The van der Waals surface area contributed by atoms with Gasteiger partial charge in [-0.15, -0.1) is 0 Å². The van der Waals surface area contributed by atoms with Crippen LogP contribution in [-0.2, 0) is 28.7 Å². The van der Waals surface area contributed by atoms with Crippen LogP contribution in [0.1, 0.15) is 51.9 Å². The summed E-state index contributed by atoms with van der Waals surface area (Å²) in [5.41, 5.74) is 0. The third kappa shape index (κ3) is 4.62. The SMILES string of the molecule is CCCC(=O)CCCC(=O)CCC(C1COC1=O)C1COC1=O.